The van der Waals surface area contributed by atoms with Crippen LogP contribution in [0.3, 0.4) is 0 Å². The van der Waals surface area contributed by atoms with E-state index in [9.17, 15) is 0 Å². The largest absolute Gasteiger partial charge is 0.345 e. The number of allylic oxidation sites excluding steroid dienone is 12. The first kappa shape index (κ1) is 20.3. The number of rotatable bonds is 3. The van der Waals surface area contributed by atoms with Gasteiger partial charge in [0, 0.05) is 18.7 Å². The molecule has 0 aromatic carbocycles. The maximum atomic E-state index is 5.04. The zero-order valence-electron chi connectivity index (χ0n) is 17.0. The molecule has 4 nitrogen and oxygen atoms in total. The summed E-state index contributed by atoms with van der Waals surface area (Å²) in [5.41, 5.74) is 2.23. The zero-order valence-corrected chi connectivity index (χ0v) is 17.0. The lowest BCUT2D eigenvalue weighted by Gasteiger charge is -2.35. The number of hydrogen-bond donors (Lipinski definition) is 0. The fourth-order valence-electron chi connectivity index (χ4n) is 3.55. The van der Waals surface area contributed by atoms with Crippen LogP contribution in [0.2, 0.25) is 6.82 Å². The molecule has 0 aromatic rings. The Morgan fingerprint density at radius 3 is 2.46 bits per heavy atom. The average Bonchev–Trinajstić information content (AvgIpc) is 2.90. The lowest BCUT2D eigenvalue weighted by Crippen LogP contribution is -2.45. The molecule has 0 aromatic heterocycles. The van der Waals surface area contributed by atoms with E-state index in [-0.39, 0.29) is 0 Å². The molecule has 145 valence electrons. The number of nitrogens with zero attached hydrogens (tertiary/aromatic N) is 4. The van der Waals surface area contributed by atoms with Gasteiger partial charge in [-0.05, 0) is 31.4 Å². The molecule has 0 N–H and O–H groups in total. The van der Waals surface area contributed by atoms with Gasteiger partial charge in [-0.3, -0.25) is 0 Å². The van der Waals surface area contributed by atoms with Gasteiger partial charge in [-0.25, -0.2) is 0 Å². The van der Waals surface area contributed by atoms with Crippen LogP contribution in [-0.2, 0) is 0 Å². The lowest BCUT2D eigenvalue weighted by atomic mass is 9.90. The van der Waals surface area contributed by atoms with Gasteiger partial charge in [0.25, 0.3) is 0 Å². The van der Waals surface area contributed by atoms with E-state index < -0.39 is 0 Å². The van der Waals surface area contributed by atoms with Gasteiger partial charge in [0.15, 0.2) is 0 Å². The quantitative estimate of drug-likeness (QED) is 0.681. The minimum Gasteiger partial charge on any atom is -0.345 e. The Kier molecular flexibility index (Phi) is 7.86. The molecule has 0 amide bonds. The minimum atomic E-state index is 0.320. The number of hydrazone groups is 2. The molecule has 0 bridgehead atoms. The van der Waals surface area contributed by atoms with Gasteiger partial charge in [0.05, 0.1) is 11.8 Å². The highest BCUT2D eigenvalue weighted by atomic mass is 15.7. The Labute approximate surface area is 170 Å². The molecule has 5 heteroatoms. The smallest absolute Gasteiger partial charge is 0.205 e. The normalized spacial score (nSPS) is 33.9. The van der Waals surface area contributed by atoms with Crippen molar-refractivity contribution in [2.24, 2.45) is 16.1 Å². The van der Waals surface area contributed by atoms with Gasteiger partial charge < -0.3 is 4.81 Å². The molecule has 2 aliphatic heterocycles. The second-order valence-electron chi connectivity index (χ2n) is 7.31. The van der Waals surface area contributed by atoms with Gasteiger partial charge in [0.1, 0.15) is 0 Å². The van der Waals surface area contributed by atoms with Crippen LogP contribution in [-0.4, -0.2) is 48.4 Å². The predicted molar refractivity (Wildman–Crippen MR) is 122 cm³/mol. The van der Waals surface area contributed by atoms with Crippen molar-refractivity contribution in [2.45, 2.75) is 39.1 Å². The number of piperidine rings is 1. The van der Waals surface area contributed by atoms with E-state index in [1.807, 2.05) is 41.7 Å². The monoisotopic (exact) mass is 373 g/mol. The molecule has 0 saturated carbocycles. The topological polar surface area (TPSA) is 31.2 Å². The summed E-state index contributed by atoms with van der Waals surface area (Å²) in [6, 6.07) is 0.320. The Morgan fingerprint density at radius 2 is 1.71 bits per heavy atom. The standard InChI is InChI=1S/C23H30BN4/c1-20-16-17-25-28(22-15-12-18-27(19-22)24-2)26-23(20)21-13-10-8-6-4-3-5-7-9-11-14-21/h3-11,13-14,17,20,22H,12,15-16,18-19H2,1-2H3/b4-3-,5-3?,6-4?,7-5-,8-6-,9-7?,10-8?,11-9-,13-10-,14-11?,21-13?,21-14+. The van der Waals surface area contributed by atoms with E-state index in [2.05, 4.69) is 62.4 Å². The van der Waals surface area contributed by atoms with Crippen LogP contribution in [0, 0.1) is 5.92 Å². The van der Waals surface area contributed by atoms with E-state index in [0.717, 1.165) is 37.2 Å². The van der Waals surface area contributed by atoms with Crippen molar-refractivity contribution in [1.82, 2.24) is 9.93 Å². The third-order valence-corrected chi connectivity index (χ3v) is 5.19. The molecular weight excluding hydrogens is 343 g/mol. The molecule has 0 spiro atoms. The fraction of sp³-hybridized carbons (Fsp3) is 0.391. The summed E-state index contributed by atoms with van der Waals surface area (Å²) >= 11 is 0. The highest BCUT2D eigenvalue weighted by Crippen LogP contribution is 2.22. The molecule has 3 aliphatic rings. The van der Waals surface area contributed by atoms with Crippen LogP contribution in [0.15, 0.2) is 82.6 Å². The third kappa shape index (κ3) is 5.80. The van der Waals surface area contributed by atoms with Gasteiger partial charge in [-0.2, -0.15) is 15.3 Å². The molecule has 2 unspecified atom stereocenters. The van der Waals surface area contributed by atoms with Crippen LogP contribution in [0.4, 0.5) is 0 Å². The van der Waals surface area contributed by atoms with Gasteiger partial charge >= 0.3 is 0 Å². The van der Waals surface area contributed by atoms with Gasteiger partial charge in [-0.15, -0.1) is 0 Å². The van der Waals surface area contributed by atoms with Crippen molar-refractivity contribution in [2.75, 3.05) is 13.1 Å². The fourth-order valence-corrected chi connectivity index (χ4v) is 3.55. The second kappa shape index (κ2) is 10.8. The third-order valence-electron chi connectivity index (χ3n) is 5.19. The summed E-state index contributed by atoms with van der Waals surface area (Å²) in [4.78, 5) is 2.37. The minimum absolute atomic E-state index is 0.320. The van der Waals surface area contributed by atoms with Crippen LogP contribution >= 0.6 is 0 Å². The van der Waals surface area contributed by atoms with Crippen molar-refractivity contribution in [3.05, 3.63) is 72.4 Å². The van der Waals surface area contributed by atoms with Crippen molar-refractivity contribution in [3.63, 3.8) is 0 Å². The van der Waals surface area contributed by atoms with E-state index in [1.165, 1.54) is 6.42 Å². The molecule has 28 heavy (non-hydrogen) atoms. The highest BCUT2D eigenvalue weighted by molar-refractivity contribution is 6.29. The van der Waals surface area contributed by atoms with E-state index in [4.69, 9.17) is 10.2 Å². The van der Waals surface area contributed by atoms with E-state index >= 15 is 0 Å². The maximum absolute atomic E-state index is 5.04. The average molecular weight is 373 g/mol. The first-order valence-corrected chi connectivity index (χ1v) is 10.3. The van der Waals surface area contributed by atoms with Crippen molar-refractivity contribution in [1.29, 1.82) is 0 Å². The molecular formula is C23H30BN4. The molecule has 1 fully saturated rings. The van der Waals surface area contributed by atoms with Gasteiger partial charge in [-0.1, -0.05) is 80.6 Å². The molecule has 1 aliphatic carbocycles. The second-order valence-corrected chi connectivity index (χ2v) is 7.31. The van der Waals surface area contributed by atoms with Crippen LogP contribution < -0.4 is 0 Å². The summed E-state index contributed by atoms with van der Waals surface area (Å²) in [6.45, 7) is 6.45. The molecule has 1 saturated heterocycles. The summed E-state index contributed by atoms with van der Waals surface area (Å²) in [6.07, 6.45) is 27.9. The summed E-state index contributed by atoms with van der Waals surface area (Å²) in [5, 5.41) is 11.7. The molecule has 1 radical (unpaired) electrons. The van der Waals surface area contributed by atoms with Crippen LogP contribution in [0.1, 0.15) is 26.2 Å². The zero-order chi connectivity index (χ0) is 19.6. The lowest BCUT2D eigenvalue weighted by molar-refractivity contribution is 0.145. The summed E-state index contributed by atoms with van der Waals surface area (Å²) in [7, 11) is 2.18. The first-order valence-electron chi connectivity index (χ1n) is 10.3. The summed E-state index contributed by atoms with van der Waals surface area (Å²) < 4.78 is 0. The Bertz CT molecular complexity index is 755. The molecule has 3 rings (SSSR count). The van der Waals surface area contributed by atoms with Crippen LogP contribution in [0.25, 0.3) is 0 Å². The van der Waals surface area contributed by atoms with Crippen molar-refractivity contribution < 1.29 is 0 Å². The number of hydrogen-bond acceptors (Lipinski definition) is 4. The Hall–Kier alpha value is -2.40. The van der Waals surface area contributed by atoms with Crippen molar-refractivity contribution in [3.8, 4) is 0 Å². The molecule has 2 heterocycles. The first-order chi connectivity index (χ1) is 13.8. The maximum Gasteiger partial charge on any atom is 0.205 e. The van der Waals surface area contributed by atoms with Crippen molar-refractivity contribution >= 4 is 19.3 Å². The van der Waals surface area contributed by atoms with E-state index in [0.29, 0.717) is 12.0 Å². The van der Waals surface area contributed by atoms with Gasteiger partial charge in [0.2, 0.25) is 7.41 Å². The molecule has 2 atom stereocenters. The van der Waals surface area contributed by atoms with E-state index in [1.54, 1.807) is 0 Å². The highest BCUT2D eigenvalue weighted by Gasteiger charge is 2.26. The SMILES string of the molecule is C[B]N1CCCC(N2N=CCC(C)C(C3=C/C=C\C=C/C=C\C=C/C=C\3)=N2)C1. The predicted octanol–water partition coefficient (Wildman–Crippen LogP) is 4.52. The Balaban J connectivity index is 1.88. The summed E-state index contributed by atoms with van der Waals surface area (Å²) in [5.74, 6) is 0.322. The van der Waals surface area contributed by atoms with Crippen LogP contribution in [0.5, 0.6) is 0 Å². The Morgan fingerprint density at radius 1 is 1.00 bits per heavy atom.